The number of hydrogen-bond acceptors (Lipinski definition) is 6. The number of amides is 1. The van der Waals surface area contributed by atoms with Crippen molar-refractivity contribution < 1.29 is 18.4 Å². The predicted molar refractivity (Wildman–Crippen MR) is 127 cm³/mol. The van der Waals surface area contributed by atoms with Gasteiger partial charge in [0, 0.05) is 19.0 Å². The molecule has 186 valence electrons. The number of ether oxygens (including phenoxy) is 1. The lowest BCUT2D eigenvalue weighted by Gasteiger charge is -2.29. The van der Waals surface area contributed by atoms with Crippen LogP contribution in [0.1, 0.15) is 73.8 Å². The molecular weight excluding hydrogens is 453 g/mol. The van der Waals surface area contributed by atoms with E-state index in [0.29, 0.717) is 36.2 Å². The topological polar surface area (TPSA) is 104 Å². The first-order chi connectivity index (χ1) is 16.9. The second-order valence-electron chi connectivity index (χ2n) is 9.49. The van der Waals surface area contributed by atoms with Gasteiger partial charge < -0.3 is 14.6 Å². The minimum absolute atomic E-state index is 0.0274. The number of nitrogens with one attached hydrogen (secondary N) is 1. The third-order valence-corrected chi connectivity index (χ3v) is 7.12. The number of rotatable bonds is 6. The van der Waals surface area contributed by atoms with Crippen molar-refractivity contribution in [3.63, 3.8) is 0 Å². The molecule has 1 amide bonds. The van der Waals surface area contributed by atoms with E-state index < -0.39 is 11.7 Å². The molecule has 2 aliphatic rings. The van der Waals surface area contributed by atoms with E-state index in [1.165, 1.54) is 18.7 Å². The first kappa shape index (κ1) is 23.3. The fraction of sp³-hybridized carbons (Fsp3) is 0.520. The Morgan fingerprint density at radius 2 is 2.03 bits per heavy atom. The molecule has 0 spiro atoms. The van der Waals surface area contributed by atoms with Crippen molar-refractivity contribution in [1.29, 1.82) is 0 Å². The Morgan fingerprint density at radius 1 is 1.23 bits per heavy atom. The smallest absolute Gasteiger partial charge is 0.350 e. The molecule has 9 nitrogen and oxygen atoms in total. The van der Waals surface area contributed by atoms with Crippen LogP contribution in [0.15, 0.2) is 27.6 Å². The molecule has 1 aliphatic heterocycles. The number of carbonyl (C=O) groups excluding carboxylic acids is 1. The summed E-state index contributed by atoms with van der Waals surface area (Å²) in [5, 5.41) is 10.8. The molecule has 35 heavy (non-hydrogen) atoms. The lowest BCUT2D eigenvalue weighted by atomic mass is 9.86. The maximum atomic E-state index is 15.4. The van der Waals surface area contributed by atoms with Crippen molar-refractivity contribution in [1.82, 2.24) is 19.5 Å². The van der Waals surface area contributed by atoms with Crippen LogP contribution in [-0.4, -0.2) is 31.5 Å². The quantitative estimate of drug-likeness (QED) is 0.557. The standard InChI is InChI=1S/C25H30FN5O4/c1-15(17-8-4-3-5-9-17)34-22-13-21(31-25(33)30-11-7-6-10-23(30)29-31)19(26)12-18(22)24(32)28-20-14-27-35-16(20)2/h12-15,17H,3-11H2,1-2H3,(H,28,32)/t15-/m0/s1. The summed E-state index contributed by atoms with van der Waals surface area (Å²) in [5.74, 6) is 0.351. The van der Waals surface area contributed by atoms with E-state index in [2.05, 4.69) is 15.6 Å². The third kappa shape index (κ3) is 4.61. The molecule has 1 aromatic carbocycles. The lowest BCUT2D eigenvalue weighted by Crippen LogP contribution is -2.28. The maximum Gasteiger partial charge on any atom is 0.350 e. The summed E-state index contributed by atoms with van der Waals surface area (Å²) in [6, 6.07) is 2.53. The number of carbonyl (C=O) groups is 1. The van der Waals surface area contributed by atoms with Gasteiger partial charge in [0.1, 0.15) is 28.8 Å². The summed E-state index contributed by atoms with van der Waals surface area (Å²) in [5.41, 5.74) is 0.0120. The number of aryl methyl sites for hydroxylation is 2. The molecule has 0 saturated heterocycles. The van der Waals surface area contributed by atoms with Gasteiger partial charge in [-0.25, -0.2) is 9.18 Å². The van der Waals surface area contributed by atoms with Crippen LogP contribution in [0.4, 0.5) is 10.1 Å². The van der Waals surface area contributed by atoms with Gasteiger partial charge in [-0.3, -0.25) is 9.36 Å². The predicted octanol–water partition coefficient (Wildman–Crippen LogP) is 4.41. The number of benzene rings is 1. The molecule has 0 radical (unpaired) electrons. The molecular formula is C25H30FN5O4. The lowest BCUT2D eigenvalue weighted by molar-refractivity contribution is 0.0996. The Hall–Kier alpha value is -3.43. The van der Waals surface area contributed by atoms with Gasteiger partial charge in [0.2, 0.25) is 0 Å². The van der Waals surface area contributed by atoms with E-state index in [1.54, 1.807) is 11.5 Å². The van der Waals surface area contributed by atoms with Crippen molar-refractivity contribution in [2.45, 2.75) is 77.9 Å². The van der Waals surface area contributed by atoms with Gasteiger partial charge >= 0.3 is 5.69 Å². The van der Waals surface area contributed by atoms with Crippen molar-refractivity contribution in [3.8, 4) is 11.4 Å². The summed E-state index contributed by atoms with van der Waals surface area (Å²) in [7, 11) is 0. The molecule has 1 saturated carbocycles. The van der Waals surface area contributed by atoms with Crippen molar-refractivity contribution in [3.05, 3.63) is 51.8 Å². The highest BCUT2D eigenvalue weighted by Gasteiger charge is 2.27. The summed E-state index contributed by atoms with van der Waals surface area (Å²) in [4.78, 5) is 26.1. The van der Waals surface area contributed by atoms with E-state index in [9.17, 15) is 9.59 Å². The van der Waals surface area contributed by atoms with Crippen LogP contribution in [0.2, 0.25) is 0 Å². The summed E-state index contributed by atoms with van der Waals surface area (Å²) in [6.07, 6.45) is 9.29. The molecule has 1 atom stereocenters. The molecule has 1 fully saturated rings. The largest absolute Gasteiger partial charge is 0.490 e. The fourth-order valence-electron chi connectivity index (χ4n) is 5.04. The van der Waals surface area contributed by atoms with Gasteiger partial charge in [-0.2, -0.15) is 4.68 Å². The first-order valence-electron chi connectivity index (χ1n) is 12.3. The summed E-state index contributed by atoms with van der Waals surface area (Å²) >= 11 is 0. The molecule has 2 aromatic heterocycles. The van der Waals surface area contributed by atoms with Crippen LogP contribution in [0, 0.1) is 18.7 Å². The Morgan fingerprint density at radius 3 is 2.74 bits per heavy atom. The number of anilines is 1. The zero-order chi connectivity index (χ0) is 24.5. The monoisotopic (exact) mass is 483 g/mol. The van der Waals surface area contributed by atoms with E-state index in [4.69, 9.17) is 9.26 Å². The molecule has 1 aliphatic carbocycles. The van der Waals surface area contributed by atoms with Gasteiger partial charge in [0.25, 0.3) is 5.91 Å². The minimum atomic E-state index is -0.729. The minimum Gasteiger partial charge on any atom is -0.490 e. The highest BCUT2D eigenvalue weighted by molar-refractivity contribution is 6.06. The van der Waals surface area contributed by atoms with Crippen molar-refractivity contribution in [2.75, 3.05) is 5.32 Å². The maximum absolute atomic E-state index is 15.4. The number of nitrogens with zero attached hydrogens (tertiary/aromatic N) is 4. The first-order valence-corrected chi connectivity index (χ1v) is 12.3. The van der Waals surface area contributed by atoms with Crippen molar-refractivity contribution in [2.24, 2.45) is 5.92 Å². The molecule has 0 bridgehead atoms. The van der Waals surface area contributed by atoms with E-state index in [-0.39, 0.29) is 28.8 Å². The highest BCUT2D eigenvalue weighted by atomic mass is 19.1. The summed E-state index contributed by atoms with van der Waals surface area (Å²) in [6.45, 7) is 4.21. The van der Waals surface area contributed by atoms with Gasteiger partial charge in [0.15, 0.2) is 5.76 Å². The number of fused-ring (bicyclic) bond motifs is 1. The molecule has 10 heteroatoms. The van der Waals surface area contributed by atoms with Crippen LogP contribution >= 0.6 is 0 Å². The molecule has 3 heterocycles. The molecule has 5 rings (SSSR count). The number of aromatic nitrogens is 4. The number of halogens is 1. The Bertz CT molecular complexity index is 1290. The Kier molecular flexibility index (Phi) is 6.44. The van der Waals surface area contributed by atoms with E-state index >= 15 is 4.39 Å². The molecule has 0 unspecified atom stereocenters. The highest BCUT2D eigenvalue weighted by Crippen LogP contribution is 2.32. The fourth-order valence-corrected chi connectivity index (χ4v) is 5.04. The van der Waals surface area contributed by atoms with Crippen molar-refractivity contribution >= 4 is 11.6 Å². The second kappa shape index (κ2) is 9.67. The number of hydrogen-bond donors (Lipinski definition) is 1. The van der Waals surface area contributed by atoms with Crippen LogP contribution < -0.4 is 15.7 Å². The Labute approximate surface area is 202 Å². The zero-order valence-electron chi connectivity index (χ0n) is 20.1. The third-order valence-electron chi connectivity index (χ3n) is 7.12. The summed E-state index contributed by atoms with van der Waals surface area (Å²) < 4.78 is 29.4. The van der Waals surface area contributed by atoms with Gasteiger partial charge in [-0.15, -0.1) is 5.10 Å². The van der Waals surface area contributed by atoms with Crippen LogP contribution in [0.5, 0.6) is 5.75 Å². The Balaban J connectivity index is 1.54. The SMILES string of the molecule is Cc1oncc1NC(=O)c1cc(F)c(-n2nc3n(c2=O)CCCC3)cc1O[C@@H](C)C1CCCCC1. The van der Waals surface area contributed by atoms with Gasteiger partial charge in [0.05, 0.1) is 17.9 Å². The van der Waals surface area contributed by atoms with Crippen LogP contribution in [0.25, 0.3) is 5.69 Å². The zero-order valence-corrected chi connectivity index (χ0v) is 20.1. The second-order valence-corrected chi connectivity index (χ2v) is 9.49. The average molecular weight is 484 g/mol. The van der Waals surface area contributed by atoms with Crippen LogP contribution in [0.3, 0.4) is 0 Å². The molecule has 3 aromatic rings. The average Bonchev–Trinajstić information content (AvgIpc) is 3.42. The van der Waals surface area contributed by atoms with Gasteiger partial charge in [-0.05, 0) is 51.5 Å². The normalized spacial score (nSPS) is 17.1. The van der Waals surface area contributed by atoms with E-state index in [1.807, 2.05) is 6.92 Å². The van der Waals surface area contributed by atoms with Crippen LogP contribution in [-0.2, 0) is 13.0 Å². The van der Waals surface area contributed by atoms with E-state index in [0.717, 1.165) is 49.3 Å². The molecule has 1 N–H and O–H groups in total. The van der Waals surface area contributed by atoms with Gasteiger partial charge in [-0.1, -0.05) is 24.4 Å².